The summed E-state index contributed by atoms with van der Waals surface area (Å²) in [5.41, 5.74) is 1.30. The quantitative estimate of drug-likeness (QED) is 0.498. The standard InChI is InChI=1S/C21H28N4O2S/c1-25(2)21-23-18(22-13-15-9-5-3-6-10-15)17(20(26)27)19(24-21)28-14-16-11-7-4-8-12-16/h4,7-8,11-12,15H,3,5-6,9-10,13-14H2,1-2H3,(H,26,27)(H,22,23,24). The average Bonchev–Trinajstić information content (AvgIpc) is 2.71. The molecule has 1 fully saturated rings. The third-order valence-corrected chi connectivity index (χ3v) is 6.03. The molecule has 2 aromatic rings. The van der Waals surface area contributed by atoms with Gasteiger partial charge in [-0.05, 0) is 24.3 Å². The number of anilines is 2. The van der Waals surface area contributed by atoms with Crippen LogP contribution >= 0.6 is 11.8 Å². The number of carboxylic acids is 1. The van der Waals surface area contributed by atoms with Crippen molar-refractivity contribution in [3.05, 3.63) is 41.5 Å². The third-order valence-electron chi connectivity index (χ3n) is 4.98. The van der Waals surface area contributed by atoms with Gasteiger partial charge in [0.2, 0.25) is 5.95 Å². The summed E-state index contributed by atoms with van der Waals surface area (Å²) in [7, 11) is 3.73. The van der Waals surface area contributed by atoms with Crippen LogP contribution in [0, 0.1) is 5.92 Å². The van der Waals surface area contributed by atoms with Gasteiger partial charge in [0.15, 0.2) is 0 Å². The van der Waals surface area contributed by atoms with Crippen molar-refractivity contribution >= 4 is 29.5 Å². The minimum atomic E-state index is -0.994. The summed E-state index contributed by atoms with van der Waals surface area (Å²) in [5, 5.41) is 13.7. The Labute approximate surface area is 170 Å². The van der Waals surface area contributed by atoms with Crippen LogP contribution in [-0.4, -0.2) is 41.7 Å². The van der Waals surface area contributed by atoms with E-state index in [1.165, 1.54) is 43.9 Å². The van der Waals surface area contributed by atoms with E-state index in [1.54, 1.807) is 0 Å². The van der Waals surface area contributed by atoms with Crippen LogP contribution in [0.2, 0.25) is 0 Å². The summed E-state index contributed by atoms with van der Waals surface area (Å²) in [6.45, 7) is 0.757. The molecule has 0 bridgehead atoms. The van der Waals surface area contributed by atoms with Gasteiger partial charge < -0.3 is 15.3 Å². The van der Waals surface area contributed by atoms with Gasteiger partial charge >= 0.3 is 5.97 Å². The Morgan fingerprint density at radius 3 is 2.54 bits per heavy atom. The number of carboxylic acid groups (broad SMARTS) is 1. The summed E-state index contributed by atoms with van der Waals surface area (Å²) < 4.78 is 0. The number of carbonyl (C=O) groups is 1. The minimum absolute atomic E-state index is 0.169. The number of nitrogens with zero attached hydrogens (tertiary/aromatic N) is 3. The number of aromatic carboxylic acids is 1. The average molecular weight is 401 g/mol. The molecule has 0 radical (unpaired) electrons. The number of thioether (sulfide) groups is 1. The number of nitrogens with one attached hydrogen (secondary N) is 1. The summed E-state index contributed by atoms with van der Waals surface area (Å²) in [4.78, 5) is 22.9. The molecule has 2 N–H and O–H groups in total. The lowest BCUT2D eigenvalue weighted by molar-refractivity contribution is 0.0693. The molecule has 1 saturated carbocycles. The lowest BCUT2D eigenvalue weighted by Crippen LogP contribution is -2.22. The lowest BCUT2D eigenvalue weighted by atomic mass is 9.89. The van der Waals surface area contributed by atoms with E-state index in [0.717, 1.165) is 12.1 Å². The fraction of sp³-hybridized carbons (Fsp3) is 0.476. The first-order valence-corrected chi connectivity index (χ1v) is 10.8. The largest absolute Gasteiger partial charge is 0.477 e. The second-order valence-electron chi connectivity index (χ2n) is 7.41. The van der Waals surface area contributed by atoms with Crippen LogP contribution in [0.25, 0.3) is 0 Å². The number of hydrogen-bond acceptors (Lipinski definition) is 6. The Morgan fingerprint density at radius 2 is 1.89 bits per heavy atom. The van der Waals surface area contributed by atoms with Gasteiger partial charge in [0.25, 0.3) is 0 Å². The van der Waals surface area contributed by atoms with Gasteiger partial charge in [0.1, 0.15) is 16.4 Å². The fourth-order valence-corrected chi connectivity index (χ4v) is 4.38. The van der Waals surface area contributed by atoms with E-state index in [2.05, 4.69) is 15.3 Å². The van der Waals surface area contributed by atoms with Crippen LogP contribution in [0.3, 0.4) is 0 Å². The second kappa shape index (κ2) is 9.78. The van der Waals surface area contributed by atoms with Gasteiger partial charge in [-0.1, -0.05) is 49.6 Å². The zero-order valence-electron chi connectivity index (χ0n) is 16.5. The molecule has 0 spiro atoms. The van der Waals surface area contributed by atoms with Gasteiger partial charge in [-0.2, -0.15) is 4.98 Å². The molecule has 1 aliphatic rings. The molecule has 0 atom stereocenters. The van der Waals surface area contributed by atoms with E-state index in [1.807, 2.05) is 49.3 Å². The first-order valence-electron chi connectivity index (χ1n) is 9.78. The highest BCUT2D eigenvalue weighted by molar-refractivity contribution is 7.98. The summed E-state index contributed by atoms with van der Waals surface area (Å²) >= 11 is 1.44. The Bertz CT molecular complexity index is 792. The smallest absolute Gasteiger partial charge is 0.342 e. The zero-order chi connectivity index (χ0) is 19.9. The molecule has 1 aromatic carbocycles. The fourth-order valence-electron chi connectivity index (χ4n) is 3.41. The normalized spacial score (nSPS) is 14.6. The van der Waals surface area contributed by atoms with E-state index in [9.17, 15) is 9.90 Å². The lowest BCUT2D eigenvalue weighted by Gasteiger charge is -2.23. The second-order valence-corrected chi connectivity index (χ2v) is 8.38. The molecule has 1 heterocycles. The van der Waals surface area contributed by atoms with Crippen molar-refractivity contribution in [3.8, 4) is 0 Å². The van der Waals surface area contributed by atoms with Crippen LogP contribution in [0.5, 0.6) is 0 Å². The van der Waals surface area contributed by atoms with E-state index >= 15 is 0 Å². The monoisotopic (exact) mass is 400 g/mol. The van der Waals surface area contributed by atoms with Crippen molar-refractivity contribution in [2.24, 2.45) is 5.92 Å². The van der Waals surface area contributed by atoms with Crippen LogP contribution in [0.1, 0.15) is 48.0 Å². The van der Waals surface area contributed by atoms with Crippen molar-refractivity contribution < 1.29 is 9.90 Å². The van der Waals surface area contributed by atoms with E-state index < -0.39 is 5.97 Å². The predicted molar refractivity (Wildman–Crippen MR) is 114 cm³/mol. The molecule has 0 amide bonds. The Morgan fingerprint density at radius 1 is 1.18 bits per heavy atom. The van der Waals surface area contributed by atoms with Crippen molar-refractivity contribution in [2.75, 3.05) is 30.9 Å². The summed E-state index contributed by atoms with van der Waals surface area (Å²) in [6, 6.07) is 10.00. The van der Waals surface area contributed by atoms with Crippen molar-refractivity contribution in [3.63, 3.8) is 0 Å². The van der Waals surface area contributed by atoms with Gasteiger partial charge in [-0.25, -0.2) is 9.78 Å². The number of aromatic nitrogens is 2. The van der Waals surface area contributed by atoms with Crippen molar-refractivity contribution in [1.82, 2.24) is 9.97 Å². The Hall–Kier alpha value is -2.28. The van der Waals surface area contributed by atoms with Crippen molar-refractivity contribution in [2.45, 2.75) is 42.9 Å². The van der Waals surface area contributed by atoms with Crippen LogP contribution in [0.15, 0.2) is 35.4 Å². The van der Waals surface area contributed by atoms with E-state index in [-0.39, 0.29) is 5.56 Å². The Kier molecular flexibility index (Phi) is 7.14. The van der Waals surface area contributed by atoms with Crippen molar-refractivity contribution in [1.29, 1.82) is 0 Å². The topological polar surface area (TPSA) is 78.4 Å². The third kappa shape index (κ3) is 5.38. The molecule has 6 nitrogen and oxygen atoms in total. The maximum absolute atomic E-state index is 12.0. The van der Waals surface area contributed by atoms with E-state index in [4.69, 9.17) is 0 Å². The molecule has 150 valence electrons. The molecule has 7 heteroatoms. The van der Waals surface area contributed by atoms with Gasteiger partial charge in [-0.3, -0.25) is 0 Å². The summed E-state index contributed by atoms with van der Waals surface area (Å²) in [5.74, 6) is 1.19. The molecular formula is C21H28N4O2S. The predicted octanol–water partition coefficient (Wildman–Crippen LogP) is 4.53. The molecular weight excluding hydrogens is 372 g/mol. The number of hydrogen-bond donors (Lipinski definition) is 2. The molecule has 1 aliphatic carbocycles. The minimum Gasteiger partial charge on any atom is -0.477 e. The molecule has 3 rings (SSSR count). The van der Waals surface area contributed by atoms with Crippen LogP contribution in [0.4, 0.5) is 11.8 Å². The highest BCUT2D eigenvalue weighted by Gasteiger charge is 2.23. The molecule has 0 unspecified atom stereocenters. The van der Waals surface area contributed by atoms with Gasteiger partial charge in [-0.15, -0.1) is 11.8 Å². The van der Waals surface area contributed by atoms with E-state index in [0.29, 0.717) is 28.5 Å². The highest BCUT2D eigenvalue weighted by Crippen LogP contribution is 2.31. The molecule has 28 heavy (non-hydrogen) atoms. The SMILES string of the molecule is CN(C)c1nc(NCC2CCCCC2)c(C(=O)O)c(SCc2ccccc2)n1. The first kappa shape index (κ1) is 20.5. The van der Waals surface area contributed by atoms with Gasteiger partial charge in [0.05, 0.1) is 0 Å². The highest BCUT2D eigenvalue weighted by atomic mass is 32.2. The number of rotatable bonds is 8. The summed E-state index contributed by atoms with van der Waals surface area (Å²) in [6.07, 6.45) is 6.19. The number of benzene rings is 1. The molecule has 0 aliphatic heterocycles. The Balaban J connectivity index is 1.85. The maximum Gasteiger partial charge on any atom is 0.342 e. The maximum atomic E-state index is 12.0. The van der Waals surface area contributed by atoms with Gasteiger partial charge in [0, 0.05) is 26.4 Å². The first-order chi connectivity index (χ1) is 13.5. The molecule has 0 saturated heterocycles. The van der Waals surface area contributed by atoms with Crippen LogP contribution < -0.4 is 10.2 Å². The zero-order valence-corrected chi connectivity index (χ0v) is 17.3. The van der Waals surface area contributed by atoms with Crippen LogP contribution in [-0.2, 0) is 5.75 Å². The molecule has 1 aromatic heterocycles.